The van der Waals surface area contributed by atoms with Gasteiger partial charge in [0, 0.05) is 105 Å². The van der Waals surface area contributed by atoms with E-state index in [1.165, 1.54) is 71.3 Å². The number of esters is 1. The lowest BCUT2D eigenvalue weighted by Gasteiger charge is -2.42. The first-order valence-corrected chi connectivity index (χ1v) is 49.1. The number of nitrogens with zero attached hydrogens (tertiary/aromatic N) is 2. The summed E-state index contributed by atoms with van der Waals surface area (Å²) in [5.41, 5.74) is 13.5. The van der Waals surface area contributed by atoms with Crippen LogP contribution in [0.3, 0.4) is 0 Å². The summed E-state index contributed by atoms with van der Waals surface area (Å²) in [5.74, 6) is -11.2. The number of benzene rings is 5. The molecule has 4 aliphatic rings. The molecule has 1 unspecified atom stereocenters. The zero-order chi connectivity index (χ0) is 97.5. The average Bonchev–Trinajstić information content (AvgIpc) is 1.57. The van der Waals surface area contributed by atoms with Crippen molar-refractivity contribution in [1.29, 1.82) is 0 Å². The van der Waals surface area contributed by atoms with Crippen molar-refractivity contribution < 1.29 is 101 Å². The highest BCUT2D eigenvalue weighted by Gasteiger charge is 2.65. The van der Waals surface area contributed by atoms with Gasteiger partial charge in [0.1, 0.15) is 94.8 Å². The van der Waals surface area contributed by atoms with Crippen molar-refractivity contribution in [2.24, 2.45) is 17.4 Å². The Morgan fingerprint density at radius 3 is 2.13 bits per heavy atom. The quantitative estimate of drug-likeness (QED) is 0.0112. The summed E-state index contributed by atoms with van der Waals surface area (Å²) < 4.78 is 28.5. The van der Waals surface area contributed by atoms with Gasteiger partial charge in [-0.25, -0.2) is 14.4 Å². The summed E-state index contributed by atoms with van der Waals surface area (Å²) in [7, 11) is 9.65. The highest BCUT2D eigenvalue weighted by Crippen LogP contribution is 2.50. The number of rotatable bonds is 30. The summed E-state index contributed by atoms with van der Waals surface area (Å²) in [6.07, 6.45) is -0.758. The van der Waals surface area contributed by atoms with Crippen molar-refractivity contribution in [1.82, 2.24) is 63.1 Å². The zero-order valence-electron chi connectivity index (χ0n) is 76.4. The number of alkyl carbamates (subject to hydrolysis) is 1. The van der Waals surface area contributed by atoms with E-state index in [0.29, 0.717) is 46.0 Å². The number of halogens is 1. The molecule has 0 radical (unpaired) electrons. The number of aliphatic hydroxyl groups is 2. The Morgan fingerprint density at radius 2 is 1.46 bits per heavy atom. The number of nitrogens with one attached hydrogen (secondary N) is 11. The van der Waals surface area contributed by atoms with Gasteiger partial charge in [0.25, 0.3) is 0 Å². The molecule has 134 heavy (non-hydrogen) atoms. The fourth-order valence-electron chi connectivity index (χ4n) is 15.8. The van der Waals surface area contributed by atoms with Crippen LogP contribution >= 0.6 is 54.8 Å². The second-order valence-corrected chi connectivity index (χ2v) is 40.4. The molecule has 4 bridgehead atoms. The molecule has 5 heterocycles. The molecule has 0 spiro atoms. The predicted molar refractivity (Wildman–Crippen MR) is 511 cm³/mol. The van der Waals surface area contributed by atoms with E-state index in [9.17, 15) is 53.7 Å². The largest absolute Gasteiger partial charge is 0.508 e. The molecule has 4 aliphatic heterocycles. The summed E-state index contributed by atoms with van der Waals surface area (Å²) in [4.78, 5) is 196. The molecular weight excluding hydrogens is 1830 g/mol. The molecule has 36 nitrogen and oxygen atoms in total. The van der Waals surface area contributed by atoms with Gasteiger partial charge >= 0.3 is 18.1 Å². The second-order valence-electron chi connectivity index (χ2n) is 34.4. The molecule has 6 aromatic rings. The van der Waals surface area contributed by atoms with Crippen molar-refractivity contribution in [2.75, 3.05) is 57.0 Å². The minimum Gasteiger partial charge on any atom is -0.508 e. The SMILES string of the molecule is COc1cc2cc(c1Cl)N(C)C(=O)C[C@H](OC(=O)[C@H](C)N(C)C(=O)CCSSC(C)(C)[C@H](NC(=O)[C@@H]1CSSC[C@H](NC(=O)[C@@H](Cc3ccccc3)NC(=O)NCc3ccccc3)C(=O)N[C@@H](Cc3ccc(O)cc3)C(=O)N[C@H](Cc3c[nH]c4ccccc34)C(=O)N[C@@H](CCCCN)C(=O)N[C@@H]([C@@H](C)O)C(=O)N1)C(N)=O)[C@]1(C)OC1[C@H](C)[C@@H]1C[C@@](O)(NC(=O)O1)[C@H](OC)/C=C/C=C(\C)C2. The number of methoxy groups -OCH3 is 2. The third kappa shape index (κ3) is 28.5. The van der Waals surface area contributed by atoms with Gasteiger partial charge in [-0.05, 0) is 132 Å². The first-order valence-electron chi connectivity index (χ1n) is 43.9. The standard InChI is InChI=1S/C93H120ClN15O21S4/c1-51-23-22-31-72(127-11)93(125)46-71(128-90(124)107-93)52(2)79-92(7,130-79)73(45-75(113)109(9)69-42-58(39-51)43-70(126-10)76(69)94)129-88(122)53(3)108(8)74(112)36-38-131-134-91(5,6)78(80(96)114)106-86(120)68-50-133-132-49-67(102-83(117)65(40-55-24-14-12-15-25-55)104-89(123)98-47-57-26-16-13-17-27-57)85(119)100-64(41-56-32-34-60(111)35-33-56)82(116)101-66(44-59-48-97-62-29-19-18-28-61(59)62)84(118)99-63(30-20-21-37-95)81(115)105-77(54(4)110)87(121)103-68/h12-19,22-29,31-35,42-43,48,52-54,63-68,71-73,77-79,97,110-111,125H,20-21,30,36-41,44-47,49-50,95H2,1-11H3,(H2,96,114)(H,99,118)(H,100,119)(H,101,116)(H,102,117)(H,103,121)(H,105,115)(H,106,120)(H,107,124)(H2,98,104,123)/b31-22+,51-23+/t52-,53+,54-,63+,64+,65-,66-,67+,68+,71+,72-,73+,77+,78-,79?,92+,93+/m1/s1. The van der Waals surface area contributed by atoms with Crippen LogP contribution in [0.1, 0.15) is 115 Å². The molecule has 3 saturated heterocycles. The Bertz CT molecular complexity index is 5240. The summed E-state index contributed by atoms with van der Waals surface area (Å²) >= 11 is 6.92. The number of anilines is 1. The molecule has 5 aromatic carbocycles. The normalized spacial score (nSPS) is 25.2. The van der Waals surface area contributed by atoms with E-state index < -0.39 is 196 Å². The van der Waals surface area contributed by atoms with Crippen LogP contribution in [-0.2, 0) is 104 Å². The fourth-order valence-corrected chi connectivity index (χ4v) is 21.1. The van der Waals surface area contributed by atoms with Crippen molar-refractivity contribution in [3.8, 4) is 11.5 Å². The van der Waals surface area contributed by atoms with E-state index in [4.69, 9.17) is 46.8 Å². The number of aliphatic hydroxyl groups excluding tert-OH is 1. The molecule has 0 aliphatic carbocycles. The van der Waals surface area contributed by atoms with Crippen LogP contribution < -0.4 is 74.3 Å². The molecule has 18 N–H and O–H groups in total. The van der Waals surface area contributed by atoms with E-state index in [1.807, 2.05) is 19.1 Å². The van der Waals surface area contributed by atoms with Crippen molar-refractivity contribution >= 4 is 149 Å². The van der Waals surface area contributed by atoms with Gasteiger partial charge < -0.3 is 113 Å². The van der Waals surface area contributed by atoms with E-state index in [2.05, 4.69) is 58.2 Å². The number of para-hydroxylation sites is 1. The number of unbranched alkanes of at least 4 members (excludes halogenated alkanes) is 1. The Hall–Kier alpha value is -11.1. The van der Waals surface area contributed by atoms with E-state index in [0.717, 1.165) is 59.2 Å². The zero-order valence-corrected chi connectivity index (χ0v) is 80.4. The number of aromatic amines is 1. The molecule has 0 saturated carbocycles. The number of primary amides is 1. The van der Waals surface area contributed by atoms with Gasteiger partial charge in [-0.15, -0.1) is 0 Å². The van der Waals surface area contributed by atoms with Crippen molar-refractivity contribution in [3.63, 3.8) is 0 Å². The van der Waals surface area contributed by atoms with Gasteiger partial charge in [-0.1, -0.05) is 176 Å². The second kappa shape index (κ2) is 48.4. The van der Waals surface area contributed by atoms with Crippen LogP contribution in [0.4, 0.5) is 15.3 Å². The number of phenols is 1. The van der Waals surface area contributed by atoms with Crippen LogP contribution in [-0.4, -0.2) is 255 Å². The monoisotopic (exact) mass is 1950 g/mol. The van der Waals surface area contributed by atoms with Crippen LogP contribution in [0.2, 0.25) is 5.02 Å². The molecule has 41 heteroatoms. The van der Waals surface area contributed by atoms with Gasteiger partial charge in [0.15, 0.2) is 5.72 Å². The number of hydrogen-bond donors (Lipinski definition) is 16. The summed E-state index contributed by atoms with van der Waals surface area (Å²) in [5, 5.41) is 61.8. The van der Waals surface area contributed by atoms with E-state index in [1.54, 1.807) is 137 Å². The number of aromatic nitrogens is 1. The Labute approximate surface area is 798 Å². The predicted octanol–water partition coefficient (Wildman–Crippen LogP) is 5.63. The van der Waals surface area contributed by atoms with Crippen molar-refractivity contribution in [2.45, 2.75) is 220 Å². The number of allylic oxidation sites excluding steroid dienone is 3. The number of phenolic OH excluding ortho intramolecular Hbond substituents is 1. The summed E-state index contributed by atoms with van der Waals surface area (Å²) in [6.45, 7) is 11.3. The molecule has 724 valence electrons. The third-order valence-corrected chi connectivity index (χ3v) is 30.0. The number of hydrogen-bond acceptors (Lipinski definition) is 26. The van der Waals surface area contributed by atoms with Gasteiger partial charge in [-0.2, -0.15) is 0 Å². The number of urea groups is 1. The molecule has 13 amide bonds. The number of H-pyrrole nitrogens is 1. The maximum atomic E-state index is 15.5. The Kier molecular flexibility index (Phi) is 37.9. The maximum absolute atomic E-state index is 15.5. The van der Waals surface area contributed by atoms with Gasteiger partial charge in [-0.3, -0.25) is 53.3 Å². The van der Waals surface area contributed by atoms with Crippen LogP contribution in [0.15, 0.2) is 151 Å². The third-order valence-electron chi connectivity index (χ3n) is 23.9. The first-order chi connectivity index (χ1) is 63.7. The Morgan fingerprint density at radius 1 is 0.806 bits per heavy atom. The lowest BCUT2D eigenvalue weighted by atomic mass is 9.83. The number of ether oxygens (including phenoxy) is 5. The number of amides is 13. The number of aromatic hydroxyl groups is 1. The highest BCUT2D eigenvalue weighted by atomic mass is 35.5. The molecule has 17 atom stereocenters. The lowest BCUT2D eigenvalue weighted by molar-refractivity contribution is -0.162. The lowest BCUT2D eigenvalue weighted by Crippen LogP contribution is -2.63. The van der Waals surface area contributed by atoms with Crippen LogP contribution in [0.25, 0.3) is 10.9 Å². The fraction of sp³-hybridized carbons (Fsp3) is 0.473. The first kappa shape index (κ1) is 105. The Balaban J connectivity index is 0.890. The van der Waals surface area contributed by atoms with Gasteiger partial charge in [0.2, 0.25) is 59.1 Å². The minimum absolute atomic E-state index is 0.0256. The molecule has 1 aromatic heterocycles. The number of nitrogens with two attached hydrogens (primary N) is 2. The number of carbonyl (C=O) groups is 13. The number of carbonyl (C=O) groups excluding carboxylic acids is 13. The van der Waals surface area contributed by atoms with Crippen molar-refractivity contribution in [3.05, 3.63) is 184 Å². The minimum atomic E-state index is -1.97. The smallest absolute Gasteiger partial charge is 0.409 e. The summed E-state index contributed by atoms with van der Waals surface area (Å²) in [6, 6.07) is 19.3. The highest BCUT2D eigenvalue weighted by molar-refractivity contribution is 8.77. The molecular formula is C93H120ClN15O21S4. The number of epoxide rings is 1. The van der Waals surface area contributed by atoms with Gasteiger partial charge in [0.05, 0.1) is 31.4 Å². The average molecular weight is 1950 g/mol. The molecule has 3 fully saturated rings. The topological polar surface area (TPSA) is 527 Å². The van der Waals surface area contributed by atoms with E-state index >= 15 is 24.0 Å². The van der Waals surface area contributed by atoms with E-state index in [-0.39, 0.29) is 91.8 Å². The van der Waals surface area contributed by atoms with Crippen LogP contribution in [0.5, 0.6) is 11.5 Å². The van der Waals surface area contributed by atoms with Crippen LogP contribution in [0, 0.1) is 5.92 Å². The molecule has 10 rings (SSSR count). The number of likely N-dealkylation sites (N-methyl/N-ethyl adjacent to an activating group) is 1. The number of fused-ring (bicyclic) bond motifs is 6. The maximum Gasteiger partial charge on any atom is 0.409 e.